The van der Waals surface area contributed by atoms with Gasteiger partial charge < -0.3 is 15.1 Å². The molecule has 4 rings (SSSR count). The highest BCUT2D eigenvalue weighted by atomic mass is 16.2. The second-order valence-corrected chi connectivity index (χ2v) is 7.64. The van der Waals surface area contributed by atoms with Crippen LogP contribution in [0.4, 0.5) is 11.5 Å². The Hall–Kier alpha value is -3.71. The van der Waals surface area contributed by atoms with Crippen LogP contribution in [0.15, 0.2) is 85.1 Å². The third kappa shape index (κ3) is 5.50. The van der Waals surface area contributed by atoms with Crippen molar-refractivity contribution in [2.45, 2.75) is 6.04 Å². The Morgan fingerprint density at radius 3 is 2.16 bits per heavy atom. The number of carbonyl (C=O) groups is 2. The Morgan fingerprint density at radius 2 is 1.50 bits per heavy atom. The second kappa shape index (κ2) is 10.5. The molecule has 2 N–H and O–H groups in total. The van der Waals surface area contributed by atoms with Crippen molar-refractivity contribution < 1.29 is 9.59 Å². The lowest BCUT2D eigenvalue weighted by atomic mass is 10.1. The Balaban J connectivity index is 1.35. The van der Waals surface area contributed by atoms with Crippen LogP contribution in [0.25, 0.3) is 0 Å². The number of nitrogens with zero attached hydrogens (tertiary/aromatic N) is 3. The first kappa shape index (κ1) is 21.5. The molecule has 1 atom stereocenters. The van der Waals surface area contributed by atoms with Gasteiger partial charge in [-0.2, -0.15) is 0 Å². The summed E-state index contributed by atoms with van der Waals surface area (Å²) in [6.07, 6.45) is 1.78. The van der Waals surface area contributed by atoms with Gasteiger partial charge in [-0.1, -0.05) is 54.6 Å². The molecule has 1 unspecified atom stereocenters. The van der Waals surface area contributed by atoms with Crippen molar-refractivity contribution in [3.63, 3.8) is 0 Å². The van der Waals surface area contributed by atoms with Crippen LogP contribution in [-0.4, -0.2) is 54.4 Å². The first-order chi connectivity index (χ1) is 15.7. The molecule has 164 valence electrons. The Bertz CT molecular complexity index is 1010. The van der Waals surface area contributed by atoms with Crippen molar-refractivity contribution in [3.8, 4) is 0 Å². The highest BCUT2D eigenvalue weighted by molar-refractivity contribution is 5.96. The molecule has 1 aromatic heterocycles. The molecule has 0 saturated carbocycles. The van der Waals surface area contributed by atoms with Crippen LogP contribution in [0.1, 0.15) is 11.6 Å². The molecule has 0 radical (unpaired) electrons. The van der Waals surface area contributed by atoms with Gasteiger partial charge in [0.15, 0.2) is 0 Å². The van der Waals surface area contributed by atoms with Crippen LogP contribution in [0.3, 0.4) is 0 Å². The summed E-state index contributed by atoms with van der Waals surface area (Å²) >= 11 is 0. The molecule has 7 heteroatoms. The lowest BCUT2D eigenvalue weighted by Gasteiger charge is -2.35. The number of para-hydroxylation sites is 1. The quantitative estimate of drug-likeness (QED) is 0.604. The third-order valence-corrected chi connectivity index (χ3v) is 5.50. The van der Waals surface area contributed by atoms with Gasteiger partial charge in [-0.3, -0.25) is 14.9 Å². The molecule has 2 aromatic carbocycles. The molecule has 2 amide bonds. The van der Waals surface area contributed by atoms with E-state index in [1.54, 1.807) is 6.20 Å². The molecule has 3 aromatic rings. The van der Waals surface area contributed by atoms with Gasteiger partial charge in [-0.05, 0) is 29.8 Å². The smallest absolute Gasteiger partial charge is 0.246 e. The Kier molecular flexibility index (Phi) is 7.09. The van der Waals surface area contributed by atoms with Gasteiger partial charge in [-0.25, -0.2) is 4.98 Å². The fourth-order valence-electron chi connectivity index (χ4n) is 3.77. The summed E-state index contributed by atoms with van der Waals surface area (Å²) in [7, 11) is 0. The number of hydrogen-bond donors (Lipinski definition) is 2. The maximum Gasteiger partial charge on any atom is 0.246 e. The number of aromatic nitrogens is 1. The van der Waals surface area contributed by atoms with Gasteiger partial charge in [0.05, 0.1) is 6.54 Å². The highest BCUT2D eigenvalue weighted by Gasteiger charge is 2.25. The minimum atomic E-state index is -0.629. The molecule has 0 spiro atoms. The zero-order valence-corrected chi connectivity index (χ0v) is 17.9. The van der Waals surface area contributed by atoms with E-state index in [1.807, 2.05) is 83.8 Å². The number of nitrogens with one attached hydrogen (secondary N) is 2. The standard InChI is InChI=1S/C25H27N5O2/c31-23(30-17-15-29(16-18-30)22-13-7-8-14-26-22)19-27-24(20-9-3-1-4-10-20)25(32)28-21-11-5-2-6-12-21/h1-14,24,27H,15-19H2,(H,28,32). The topological polar surface area (TPSA) is 77.6 Å². The van der Waals surface area contributed by atoms with Gasteiger partial charge in [0, 0.05) is 38.1 Å². The third-order valence-electron chi connectivity index (χ3n) is 5.50. The minimum absolute atomic E-state index is 0.0147. The molecule has 0 bridgehead atoms. The highest BCUT2D eigenvalue weighted by Crippen LogP contribution is 2.17. The molecule has 1 aliphatic rings. The van der Waals surface area contributed by atoms with Crippen LogP contribution >= 0.6 is 0 Å². The number of benzene rings is 2. The van der Waals surface area contributed by atoms with E-state index < -0.39 is 6.04 Å². The molecule has 1 aliphatic heterocycles. The predicted molar refractivity (Wildman–Crippen MR) is 125 cm³/mol. The maximum absolute atomic E-state index is 13.0. The van der Waals surface area contributed by atoms with Gasteiger partial charge in [0.2, 0.25) is 11.8 Å². The number of piperazine rings is 1. The maximum atomic E-state index is 13.0. The number of carbonyl (C=O) groups excluding carboxylic acids is 2. The van der Waals surface area contributed by atoms with Crippen LogP contribution in [-0.2, 0) is 9.59 Å². The summed E-state index contributed by atoms with van der Waals surface area (Å²) in [6.45, 7) is 2.82. The second-order valence-electron chi connectivity index (χ2n) is 7.64. The van der Waals surface area contributed by atoms with Crippen molar-refractivity contribution >= 4 is 23.3 Å². The van der Waals surface area contributed by atoms with E-state index in [9.17, 15) is 9.59 Å². The number of amides is 2. The normalized spacial score (nSPS) is 14.6. The monoisotopic (exact) mass is 429 g/mol. The van der Waals surface area contributed by atoms with Crippen molar-refractivity contribution in [2.75, 3.05) is 42.9 Å². The molecule has 1 fully saturated rings. The van der Waals surface area contributed by atoms with E-state index >= 15 is 0 Å². The summed E-state index contributed by atoms with van der Waals surface area (Å²) in [5.74, 6) is 0.716. The summed E-state index contributed by atoms with van der Waals surface area (Å²) in [6, 6.07) is 24.0. The largest absolute Gasteiger partial charge is 0.353 e. The van der Waals surface area contributed by atoms with Crippen molar-refractivity contribution in [1.82, 2.24) is 15.2 Å². The van der Waals surface area contributed by atoms with E-state index in [-0.39, 0.29) is 18.4 Å². The summed E-state index contributed by atoms with van der Waals surface area (Å²) < 4.78 is 0. The fourth-order valence-corrected chi connectivity index (χ4v) is 3.77. The van der Waals surface area contributed by atoms with Gasteiger partial charge in [0.25, 0.3) is 0 Å². The minimum Gasteiger partial charge on any atom is -0.353 e. The summed E-state index contributed by atoms with van der Waals surface area (Å²) in [5, 5.41) is 6.09. The van der Waals surface area contributed by atoms with E-state index in [0.717, 1.165) is 30.2 Å². The predicted octanol–water partition coefficient (Wildman–Crippen LogP) is 2.70. The number of rotatable bonds is 7. The lowest BCUT2D eigenvalue weighted by Crippen LogP contribution is -2.51. The Labute approximate surface area is 188 Å². The first-order valence-corrected chi connectivity index (χ1v) is 10.8. The molecule has 32 heavy (non-hydrogen) atoms. The van der Waals surface area contributed by atoms with E-state index in [4.69, 9.17) is 0 Å². The van der Waals surface area contributed by atoms with Gasteiger partial charge in [-0.15, -0.1) is 0 Å². The fraction of sp³-hybridized carbons (Fsp3) is 0.240. The van der Waals surface area contributed by atoms with Crippen LogP contribution in [0, 0.1) is 0 Å². The van der Waals surface area contributed by atoms with E-state index in [2.05, 4.69) is 20.5 Å². The average Bonchev–Trinajstić information content (AvgIpc) is 2.86. The van der Waals surface area contributed by atoms with Crippen molar-refractivity contribution in [2.24, 2.45) is 0 Å². The molecular weight excluding hydrogens is 402 g/mol. The molecule has 1 saturated heterocycles. The molecule has 7 nitrogen and oxygen atoms in total. The zero-order chi connectivity index (χ0) is 22.2. The van der Waals surface area contributed by atoms with Crippen LogP contribution in [0.2, 0.25) is 0 Å². The number of pyridine rings is 1. The molecular formula is C25H27N5O2. The summed E-state index contributed by atoms with van der Waals surface area (Å²) in [5.41, 5.74) is 1.53. The van der Waals surface area contributed by atoms with Crippen molar-refractivity contribution in [1.29, 1.82) is 0 Å². The summed E-state index contributed by atoms with van der Waals surface area (Å²) in [4.78, 5) is 34.2. The Morgan fingerprint density at radius 1 is 0.844 bits per heavy atom. The van der Waals surface area contributed by atoms with Gasteiger partial charge in [0.1, 0.15) is 11.9 Å². The zero-order valence-electron chi connectivity index (χ0n) is 17.9. The number of anilines is 2. The van der Waals surface area contributed by atoms with E-state index in [1.165, 1.54) is 0 Å². The lowest BCUT2D eigenvalue weighted by molar-refractivity contribution is -0.130. The van der Waals surface area contributed by atoms with Crippen LogP contribution in [0.5, 0.6) is 0 Å². The van der Waals surface area contributed by atoms with E-state index in [0.29, 0.717) is 13.1 Å². The molecule has 0 aliphatic carbocycles. The number of hydrogen-bond acceptors (Lipinski definition) is 5. The van der Waals surface area contributed by atoms with Gasteiger partial charge >= 0.3 is 0 Å². The first-order valence-electron chi connectivity index (χ1n) is 10.8. The SMILES string of the molecule is O=C(Nc1ccccc1)C(NCC(=O)N1CCN(c2ccccn2)CC1)c1ccccc1. The van der Waals surface area contributed by atoms with Crippen molar-refractivity contribution in [3.05, 3.63) is 90.6 Å². The average molecular weight is 430 g/mol. The molecule has 2 heterocycles. The van der Waals surface area contributed by atoms with Crippen LogP contribution < -0.4 is 15.5 Å².